The third-order valence-electron chi connectivity index (χ3n) is 22.4. The predicted octanol–water partition coefficient (Wildman–Crippen LogP) is -2.32. The maximum Gasteiger partial charge on any atom is 0.314 e. The molecule has 26 nitrogen and oxygen atoms in total. The van der Waals surface area contributed by atoms with Crippen molar-refractivity contribution in [2.45, 2.75) is 255 Å². The molecule has 9 rings (SSSR count). The summed E-state index contributed by atoms with van der Waals surface area (Å²) in [5.41, 5.74) is -4.59. The quantitative estimate of drug-likeness (QED) is 0.0861. The van der Waals surface area contributed by atoms with Crippen LogP contribution in [0.1, 0.15) is 120 Å². The molecule has 5 aliphatic carbocycles. The number of aliphatic hydroxyl groups excluding tert-OH is 13. The van der Waals surface area contributed by atoms with E-state index in [0.717, 1.165) is 0 Å². The van der Waals surface area contributed by atoms with Crippen molar-refractivity contribution in [1.82, 2.24) is 0 Å². The van der Waals surface area contributed by atoms with Crippen LogP contribution in [0.5, 0.6) is 0 Å². The van der Waals surface area contributed by atoms with E-state index in [9.17, 15) is 81.1 Å². The lowest BCUT2D eigenvalue weighted by Crippen LogP contribution is -2.71. The fraction of sp³-hybridized carbons (Fsp3) is 0.946. The van der Waals surface area contributed by atoms with Gasteiger partial charge >= 0.3 is 17.9 Å². The molecule has 0 bridgehead atoms. The van der Waals surface area contributed by atoms with Crippen LogP contribution in [0.3, 0.4) is 0 Å². The Bertz CT molecular complexity index is 2290. The van der Waals surface area contributed by atoms with E-state index in [-0.39, 0.29) is 29.6 Å². The summed E-state index contributed by atoms with van der Waals surface area (Å²) in [7, 11) is 0. The molecule has 0 aromatic heterocycles. The zero-order valence-electron chi connectivity index (χ0n) is 47.9. The maximum absolute atomic E-state index is 15.7. The molecule has 470 valence electrons. The minimum absolute atomic E-state index is 0.0732. The highest BCUT2D eigenvalue weighted by Crippen LogP contribution is 2.77. The molecule has 0 spiro atoms. The number of fused-ring (bicyclic) bond motifs is 7. The fourth-order valence-electron chi connectivity index (χ4n) is 17.4. The van der Waals surface area contributed by atoms with E-state index in [2.05, 4.69) is 34.6 Å². The van der Waals surface area contributed by atoms with Gasteiger partial charge < -0.3 is 114 Å². The average Bonchev–Trinajstić information content (AvgIpc) is 0.740. The summed E-state index contributed by atoms with van der Waals surface area (Å²) in [5, 5.41) is 153. The van der Waals surface area contributed by atoms with Crippen LogP contribution in [0, 0.1) is 56.2 Å². The highest BCUT2D eigenvalue weighted by atomic mass is 16.8. The van der Waals surface area contributed by atoms with E-state index < -0.39 is 206 Å². The van der Waals surface area contributed by atoms with Gasteiger partial charge in [0.1, 0.15) is 97.7 Å². The number of hydrogen-bond acceptors (Lipinski definition) is 25. The average molecular weight is 1180 g/mol. The first kappa shape index (κ1) is 64.1. The fourth-order valence-corrected chi connectivity index (χ4v) is 17.4. The van der Waals surface area contributed by atoms with Gasteiger partial charge in [-0.2, -0.15) is 0 Å². The van der Waals surface area contributed by atoms with Gasteiger partial charge in [-0.25, -0.2) is 0 Å². The summed E-state index contributed by atoms with van der Waals surface area (Å²) in [5.74, 6) is -3.42. The molecule has 4 aliphatic heterocycles. The molecule has 14 N–H and O–H groups in total. The van der Waals surface area contributed by atoms with Gasteiger partial charge in [0.25, 0.3) is 0 Å². The topological polar surface area (TPSA) is 418 Å². The standard InChI is InChI=1S/C56H90O26/c1-22-32(60)35(63)39(67)46(75-22)80-42-28(20-58)78-45(41(69)38(42)66)74-21-29-34(62)37(65)43(81-47-40(68)36(64)33(61)27(19-57)77-47)48(79-29)82-50(73)56-15-13-51(3,4)17-25(56)24-9-10-30-52(5)18-26(76-23(2)59)44(70)55(8,49(71)72)31(52)11-12-54(30,7)53(24,6)14-16-56/h22,24-48,57-58,60-70H,9-21H2,1-8H3,(H,71,72). The Balaban J connectivity index is 0.983. The van der Waals surface area contributed by atoms with Gasteiger partial charge in [-0.15, -0.1) is 0 Å². The van der Waals surface area contributed by atoms with Crippen molar-refractivity contribution in [3.05, 3.63) is 0 Å². The van der Waals surface area contributed by atoms with E-state index in [1.54, 1.807) is 6.92 Å². The number of aliphatic carboxylic acids is 1. The molecule has 26 heteroatoms. The molecule has 9 aliphatic rings. The van der Waals surface area contributed by atoms with Gasteiger partial charge in [-0.1, -0.05) is 34.6 Å². The number of aliphatic hydroxyl groups is 13. The number of rotatable bonds is 13. The molecule has 4 saturated heterocycles. The Morgan fingerprint density at radius 2 is 1.09 bits per heavy atom. The number of esters is 2. The lowest BCUT2D eigenvalue weighted by Gasteiger charge is -2.73. The molecule has 82 heavy (non-hydrogen) atoms. The van der Waals surface area contributed by atoms with Gasteiger partial charge in [-0.3, -0.25) is 14.4 Å². The number of carbonyl (C=O) groups excluding carboxylic acids is 2. The summed E-state index contributed by atoms with van der Waals surface area (Å²) in [4.78, 5) is 41.4. The van der Waals surface area contributed by atoms with Crippen LogP contribution < -0.4 is 0 Å². The van der Waals surface area contributed by atoms with Crippen LogP contribution in [0.25, 0.3) is 0 Å². The van der Waals surface area contributed by atoms with Crippen LogP contribution in [-0.4, -0.2) is 244 Å². The van der Waals surface area contributed by atoms with E-state index in [4.69, 9.17) is 42.6 Å². The predicted molar refractivity (Wildman–Crippen MR) is 274 cm³/mol. The summed E-state index contributed by atoms with van der Waals surface area (Å²) >= 11 is 0. The van der Waals surface area contributed by atoms with Crippen LogP contribution in [0.2, 0.25) is 0 Å². The van der Waals surface area contributed by atoms with E-state index in [1.165, 1.54) is 13.8 Å². The first-order chi connectivity index (χ1) is 38.3. The Morgan fingerprint density at radius 1 is 0.524 bits per heavy atom. The zero-order chi connectivity index (χ0) is 60.3. The molecule has 31 unspecified atom stereocenters. The number of carboxylic acids is 1. The van der Waals surface area contributed by atoms with Crippen molar-refractivity contribution in [3.8, 4) is 0 Å². The summed E-state index contributed by atoms with van der Waals surface area (Å²) in [6, 6.07) is 0. The molecular weight excluding hydrogens is 1090 g/mol. The Labute approximate surface area is 475 Å². The van der Waals surface area contributed by atoms with Gasteiger partial charge in [-0.05, 0) is 123 Å². The molecule has 5 saturated carbocycles. The van der Waals surface area contributed by atoms with Crippen molar-refractivity contribution in [2.24, 2.45) is 56.2 Å². The van der Waals surface area contributed by atoms with Crippen molar-refractivity contribution in [1.29, 1.82) is 0 Å². The zero-order valence-corrected chi connectivity index (χ0v) is 47.9. The number of hydrogen-bond donors (Lipinski definition) is 14. The highest BCUT2D eigenvalue weighted by Gasteiger charge is 2.74. The molecule has 0 aromatic carbocycles. The summed E-state index contributed by atoms with van der Waals surface area (Å²) in [6.07, 6.45) is -32.5. The molecule has 0 aromatic rings. The first-order valence-electron chi connectivity index (χ1n) is 29.1. The van der Waals surface area contributed by atoms with E-state index >= 15 is 4.79 Å². The highest BCUT2D eigenvalue weighted by molar-refractivity contribution is 5.78. The number of carbonyl (C=O) groups is 3. The smallest absolute Gasteiger partial charge is 0.314 e. The number of carboxylic acid groups (broad SMARTS) is 1. The van der Waals surface area contributed by atoms with Crippen LogP contribution in [-0.2, 0) is 57.0 Å². The number of ether oxygens (including phenoxy) is 9. The van der Waals surface area contributed by atoms with E-state index in [1.807, 2.05) is 0 Å². The summed E-state index contributed by atoms with van der Waals surface area (Å²) in [6.45, 7) is 12.7. The minimum atomic E-state index is -2.07. The van der Waals surface area contributed by atoms with Crippen LogP contribution in [0.15, 0.2) is 0 Å². The third kappa shape index (κ3) is 10.5. The SMILES string of the molecule is CC(=O)OC1CC2(C)C(CCC3(C)C2CCC2C4CC(C)(C)CCC4(C(=O)OC4OC(COC5OC(CO)C(OC6OC(C)C(O)C(O)C6O)C(O)C5O)C(O)C(O)C4OC4OC(CO)C(O)C(O)C4O)CCC23C)C(C)(C(=O)O)C1O. The minimum Gasteiger partial charge on any atom is -0.481 e. The molecule has 9 fully saturated rings. The second kappa shape index (κ2) is 23.3. The van der Waals surface area contributed by atoms with Gasteiger partial charge in [0, 0.05) is 6.92 Å². The van der Waals surface area contributed by atoms with Gasteiger partial charge in [0.2, 0.25) is 6.29 Å². The molecule has 0 radical (unpaired) electrons. The largest absolute Gasteiger partial charge is 0.481 e. The lowest BCUT2D eigenvalue weighted by atomic mass is 9.31. The first-order valence-corrected chi connectivity index (χ1v) is 29.1. The van der Waals surface area contributed by atoms with Crippen molar-refractivity contribution < 1.29 is 129 Å². The van der Waals surface area contributed by atoms with E-state index in [0.29, 0.717) is 57.8 Å². The summed E-state index contributed by atoms with van der Waals surface area (Å²) < 4.78 is 53.0. The van der Waals surface area contributed by atoms with Crippen molar-refractivity contribution in [3.63, 3.8) is 0 Å². The van der Waals surface area contributed by atoms with Crippen LogP contribution >= 0.6 is 0 Å². The van der Waals surface area contributed by atoms with Crippen molar-refractivity contribution in [2.75, 3.05) is 19.8 Å². The third-order valence-corrected chi connectivity index (χ3v) is 22.4. The Kier molecular flexibility index (Phi) is 18.2. The van der Waals surface area contributed by atoms with Crippen LogP contribution in [0.4, 0.5) is 0 Å². The second-order valence-corrected chi connectivity index (χ2v) is 27.2. The Hall–Kier alpha value is -2.39. The van der Waals surface area contributed by atoms with Gasteiger partial charge in [0.15, 0.2) is 25.0 Å². The molecule has 4 heterocycles. The van der Waals surface area contributed by atoms with Crippen molar-refractivity contribution >= 4 is 17.9 Å². The lowest BCUT2D eigenvalue weighted by molar-refractivity contribution is -0.373. The maximum atomic E-state index is 15.7. The molecular formula is C56H90O26. The van der Waals surface area contributed by atoms with Gasteiger partial charge in [0.05, 0.1) is 36.8 Å². The monoisotopic (exact) mass is 1180 g/mol. The molecule has 0 amide bonds. The second-order valence-electron chi connectivity index (χ2n) is 27.2. The normalized spacial score (nSPS) is 53.8. The molecule has 31 atom stereocenters. The Morgan fingerprint density at radius 3 is 1.72 bits per heavy atom.